The molecule has 1 aromatic rings. The average molecular weight is 328 g/mol. The molecule has 0 heterocycles. The minimum Gasteiger partial charge on any atom is -0.351 e. The lowest BCUT2D eigenvalue weighted by Gasteiger charge is -2.28. The Morgan fingerprint density at radius 2 is 1.86 bits per heavy atom. The molecule has 0 saturated heterocycles. The highest BCUT2D eigenvalue weighted by Crippen LogP contribution is 2.15. The summed E-state index contributed by atoms with van der Waals surface area (Å²) in [5, 5.41) is 6.20. The van der Waals surface area contributed by atoms with Crippen molar-refractivity contribution in [3.05, 3.63) is 35.4 Å². The van der Waals surface area contributed by atoms with E-state index >= 15 is 0 Å². The van der Waals surface area contributed by atoms with Gasteiger partial charge in [-0.05, 0) is 51.2 Å². The van der Waals surface area contributed by atoms with Crippen molar-refractivity contribution in [1.82, 2.24) is 15.5 Å². The first-order valence-corrected chi connectivity index (χ1v) is 7.51. The van der Waals surface area contributed by atoms with Crippen LogP contribution in [0.4, 0.5) is 0 Å². The first-order valence-electron chi connectivity index (χ1n) is 7.51. The van der Waals surface area contributed by atoms with Gasteiger partial charge >= 0.3 is 0 Å². The zero-order valence-electron chi connectivity index (χ0n) is 14.4. The summed E-state index contributed by atoms with van der Waals surface area (Å²) in [5.41, 5.74) is 1.93. The van der Waals surface area contributed by atoms with Crippen molar-refractivity contribution in [2.75, 3.05) is 40.8 Å². The van der Waals surface area contributed by atoms with Crippen LogP contribution in [-0.2, 0) is 6.42 Å². The second kappa shape index (κ2) is 9.82. The number of halogens is 1. The Kier molecular flexibility index (Phi) is 9.33. The summed E-state index contributed by atoms with van der Waals surface area (Å²) in [4.78, 5) is 14.6. The Balaban J connectivity index is 0.00000441. The van der Waals surface area contributed by atoms with Crippen molar-refractivity contribution in [3.63, 3.8) is 0 Å². The predicted octanol–water partition coefficient (Wildman–Crippen LogP) is 2.19. The van der Waals surface area contributed by atoms with E-state index in [4.69, 9.17) is 0 Å². The minimum absolute atomic E-state index is 0. The molecule has 126 valence electrons. The molecule has 0 saturated carbocycles. The molecule has 22 heavy (non-hydrogen) atoms. The van der Waals surface area contributed by atoms with E-state index < -0.39 is 0 Å². The number of likely N-dealkylation sites (N-methyl/N-ethyl adjacent to an activating group) is 1. The molecule has 4 nitrogen and oxygen atoms in total. The van der Waals surface area contributed by atoms with Gasteiger partial charge in [-0.1, -0.05) is 32.0 Å². The fourth-order valence-corrected chi connectivity index (χ4v) is 2.55. The summed E-state index contributed by atoms with van der Waals surface area (Å²) in [6.07, 6.45) is 0.862. The highest BCUT2D eigenvalue weighted by molar-refractivity contribution is 5.95. The van der Waals surface area contributed by atoms with Gasteiger partial charge in [0.25, 0.3) is 5.91 Å². The quantitative estimate of drug-likeness (QED) is 0.769. The van der Waals surface area contributed by atoms with E-state index in [9.17, 15) is 4.79 Å². The maximum Gasteiger partial charge on any atom is 0.251 e. The van der Waals surface area contributed by atoms with Gasteiger partial charge in [-0.2, -0.15) is 0 Å². The summed E-state index contributed by atoms with van der Waals surface area (Å²) in [5.74, 6) is 0.0218. The van der Waals surface area contributed by atoms with Crippen molar-refractivity contribution < 1.29 is 4.79 Å². The van der Waals surface area contributed by atoms with Crippen molar-refractivity contribution in [1.29, 1.82) is 0 Å². The number of nitrogens with zero attached hydrogens (tertiary/aromatic N) is 1. The van der Waals surface area contributed by atoms with Gasteiger partial charge in [0.15, 0.2) is 0 Å². The van der Waals surface area contributed by atoms with Crippen molar-refractivity contribution in [2.24, 2.45) is 5.41 Å². The Hall–Kier alpha value is -1.10. The Morgan fingerprint density at radius 1 is 1.23 bits per heavy atom. The van der Waals surface area contributed by atoms with E-state index in [0.717, 1.165) is 30.6 Å². The van der Waals surface area contributed by atoms with Gasteiger partial charge in [-0.15, -0.1) is 12.4 Å². The van der Waals surface area contributed by atoms with Gasteiger partial charge in [0, 0.05) is 18.7 Å². The van der Waals surface area contributed by atoms with E-state index in [2.05, 4.69) is 43.5 Å². The summed E-state index contributed by atoms with van der Waals surface area (Å²) in [6.45, 7) is 6.82. The van der Waals surface area contributed by atoms with Gasteiger partial charge in [0.1, 0.15) is 0 Å². The fraction of sp³-hybridized carbons (Fsp3) is 0.588. The van der Waals surface area contributed by atoms with E-state index in [0.29, 0.717) is 6.54 Å². The lowest BCUT2D eigenvalue weighted by molar-refractivity contribution is 0.0928. The fourth-order valence-electron chi connectivity index (χ4n) is 2.55. The molecule has 1 rings (SSSR count). The summed E-state index contributed by atoms with van der Waals surface area (Å²) in [6, 6.07) is 7.83. The first kappa shape index (κ1) is 20.9. The third-order valence-electron chi connectivity index (χ3n) is 3.38. The molecule has 0 aliphatic carbocycles. The lowest BCUT2D eigenvalue weighted by Crippen LogP contribution is -2.40. The smallest absolute Gasteiger partial charge is 0.251 e. The maximum absolute atomic E-state index is 12.4. The zero-order chi connectivity index (χ0) is 15.9. The van der Waals surface area contributed by atoms with Crippen LogP contribution < -0.4 is 10.6 Å². The SMILES string of the molecule is CNCCc1ccccc1C(=O)NCC(C)(C)CN(C)C.Cl. The van der Waals surface area contributed by atoms with Gasteiger partial charge in [0.2, 0.25) is 0 Å². The third kappa shape index (κ3) is 7.25. The van der Waals surface area contributed by atoms with E-state index in [1.807, 2.05) is 31.3 Å². The van der Waals surface area contributed by atoms with Gasteiger partial charge < -0.3 is 15.5 Å². The molecule has 1 aromatic carbocycles. The van der Waals surface area contributed by atoms with Gasteiger partial charge in [0.05, 0.1) is 0 Å². The van der Waals surface area contributed by atoms with Crippen LogP contribution in [0.3, 0.4) is 0 Å². The number of amides is 1. The number of nitrogens with one attached hydrogen (secondary N) is 2. The largest absolute Gasteiger partial charge is 0.351 e. The predicted molar refractivity (Wildman–Crippen MR) is 96.0 cm³/mol. The molecule has 0 aliphatic heterocycles. The zero-order valence-corrected chi connectivity index (χ0v) is 15.2. The molecule has 0 radical (unpaired) electrons. The van der Waals surface area contributed by atoms with Crippen LogP contribution >= 0.6 is 12.4 Å². The molecular formula is C17H30ClN3O. The molecule has 0 atom stereocenters. The molecule has 2 N–H and O–H groups in total. The molecule has 1 amide bonds. The molecule has 0 unspecified atom stereocenters. The summed E-state index contributed by atoms with van der Waals surface area (Å²) >= 11 is 0. The van der Waals surface area contributed by atoms with Crippen LogP contribution in [0.25, 0.3) is 0 Å². The van der Waals surface area contributed by atoms with E-state index in [-0.39, 0.29) is 23.7 Å². The van der Waals surface area contributed by atoms with Crippen molar-refractivity contribution >= 4 is 18.3 Å². The van der Waals surface area contributed by atoms with Gasteiger partial charge in [-0.3, -0.25) is 4.79 Å². The molecule has 0 aliphatic rings. The van der Waals surface area contributed by atoms with Crippen LogP contribution in [0, 0.1) is 5.41 Å². The highest BCUT2D eigenvalue weighted by Gasteiger charge is 2.20. The highest BCUT2D eigenvalue weighted by atomic mass is 35.5. The number of carbonyl (C=O) groups is 1. The molecule has 0 bridgehead atoms. The second-order valence-electron chi connectivity index (χ2n) is 6.60. The number of hydrogen-bond acceptors (Lipinski definition) is 3. The van der Waals surface area contributed by atoms with Crippen LogP contribution in [0.15, 0.2) is 24.3 Å². The normalized spacial score (nSPS) is 11.2. The van der Waals surface area contributed by atoms with Crippen molar-refractivity contribution in [2.45, 2.75) is 20.3 Å². The Morgan fingerprint density at radius 3 is 2.45 bits per heavy atom. The molecule has 0 spiro atoms. The van der Waals surface area contributed by atoms with E-state index in [1.54, 1.807) is 0 Å². The Bertz CT molecular complexity index is 461. The van der Waals surface area contributed by atoms with Gasteiger partial charge in [-0.25, -0.2) is 0 Å². The number of benzene rings is 1. The summed E-state index contributed by atoms with van der Waals surface area (Å²) in [7, 11) is 6.03. The minimum atomic E-state index is 0. The van der Waals surface area contributed by atoms with Crippen LogP contribution in [0.5, 0.6) is 0 Å². The number of carbonyl (C=O) groups excluding carboxylic acids is 1. The monoisotopic (exact) mass is 327 g/mol. The van der Waals surface area contributed by atoms with Crippen LogP contribution in [-0.4, -0.2) is 51.6 Å². The summed E-state index contributed by atoms with van der Waals surface area (Å²) < 4.78 is 0. The standard InChI is InChI=1S/C17H29N3O.ClH/c1-17(2,13-20(4)5)12-19-16(21)15-9-7-6-8-14(15)10-11-18-3;/h6-9,18H,10-13H2,1-5H3,(H,19,21);1H. The molecule has 0 fully saturated rings. The topological polar surface area (TPSA) is 44.4 Å². The average Bonchev–Trinajstić information content (AvgIpc) is 2.41. The van der Waals surface area contributed by atoms with Crippen molar-refractivity contribution in [3.8, 4) is 0 Å². The van der Waals surface area contributed by atoms with Crippen LogP contribution in [0.1, 0.15) is 29.8 Å². The molecular weight excluding hydrogens is 298 g/mol. The second-order valence-corrected chi connectivity index (χ2v) is 6.60. The molecule has 0 aromatic heterocycles. The maximum atomic E-state index is 12.4. The Labute approximate surface area is 141 Å². The first-order chi connectivity index (χ1) is 9.85. The number of rotatable bonds is 8. The third-order valence-corrected chi connectivity index (χ3v) is 3.38. The van der Waals surface area contributed by atoms with E-state index in [1.165, 1.54) is 0 Å². The van der Waals surface area contributed by atoms with Crippen LogP contribution in [0.2, 0.25) is 0 Å². The molecule has 5 heteroatoms. The number of hydrogen-bond donors (Lipinski definition) is 2. The lowest BCUT2D eigenvalue weighted by atomic mass is 9.92.